The van der Waals surface area contributed by atoms with Crippen LogP contribution in [0.1, 0.15) is 17.0 Å². The van der Waals surface area contributed by atoms with Crippen LogP contribution < -0.4 is 0 Å². The molecule has 2 heteroatoms. The molecule has 0 aliphatic carbocycles. The van der Waals surface area contributed by atoms with Crippen molar-refractivity contribution in [3.8, 4) is 12.1 Å². The van der Waals surface area contributed by atoms with Crippen molar-refractivity contribution >= 4 is 0 Å². The highest BCUT2D eigenvalue weighted by molar-refractivity contribution is 5.32. The third-order valence-corrected chi connectivity index (χ3v) is 1.67. The quantitative estimate of drug-likeness (QED) is 0.625. The van der Waals surface area contributed by atoms with Crippen molar-refractivity contribution in [2.24, 2.45) is 0 Å². The Bertz CT molecular complexity index is 324. The number of nitrogens with zero attached hydrogens (tertiary/aromatic N) is 2. The molecule has 2 nitrogen and oxygen atoms in total. The summed E-state index contributed by atoms with van der Waals surface area (Å²) in [6.07, 6.45) is 0. The van der Waals surface area contributed by atoms with Crippen molar-refractivity contribution in [1.29, 1.82) is 10.5 Å². The molecular formula is C10H8N2. The molecule has 0 unspecified atom stereocenters. The van der Waals surface area contributed by atoms with Gasteiger partial charge < -0.3 is 0 Å². The maximum Gasteiger partial charge on any atom is 0.158 e. The van der Waals surface area contributed by atoms with Crippen molar-refractivity contribution < 1.29 is 0 Å². The number of hydrogen-bond acceptors (Lipinski definition) is 2. The highest BCUT2D eigenvalue weighted by Crippen LogP contribution is 2.13. The zero-order valence-corrected chi connectivity index (χ0v) is 6.78. The van der Waals surface area contributed by atoms with Crippen LogP contribution in [0.3, 0.4) is 0 Å². The second-order valence-electron chi connectivity index (χ2n) is 2.60. The predicted molar refractivity (Wildman–Crippen MR) is 45.1 cm³/mol. The number of nitriles is 2. The minimum Gasteiger partial charge on any atom is -0.196 e. The minimum absolute atomic E-state index is 0.634. The van der Waals surface area contributed by atoms with Gasteiger partial charge in [-0.3, -0.25) is 0 Å². The van der Waals surface area contributed by atoms with Crippen molar-refractivity contribution in [3.05, 3.63) is 35.4 Å². The van der Waals surface area contributed by atoms with Crippen molar-refractivity contribution in [2.45, 2.75) is 12.8 Å². The molecule has 1 rings (SSSR count). The van der Waals surface area contributed by atoms with Gasteiger partial charge in [-0.15, -0.1) is 0 Å². The van der Waals surface area contributed by atoms with Crippen molar-refractivity contribution in [3.63, 3.8) is 0 Å². The van der Waals surface area contributed by atoms with Gasteiger partial charge in [0.2, 0.25) is 0 Å². The van der Waals surface area contributed by atoms with E-state index in [4.69, 9.17) is 10.5 Å². The van der Waals surface area contributed by atoms with Crippen LogP contribution in [0.5, 0.6) is 0 Å². The number of aryl methyl sites for hydroxylation is 1. The van der Waals surface area contributed by atoms with Gasteiger partial charge in [0.1, 0.15) is 0 Å². The lowest BCUT2D eigenvalue weighted by Gasteiger charge is -1.99. The molecule has 1 aromatic rings. The molecule has 0 aromatic heterocycles. The van der Waals surface area contributed by atoms with E-state index in [0.29, 0.717) is 0 Å². The molecule has 0 saturated carbocycles. The first kappa shape index (κ1) is 8.30. The van der Waals surface area contributed by atoms with Gasteiger partial charge in [-0.1, -0.05) is 29.8 Å². The first-order chi connectivity index (χ1) is 5.77. The second-order valence-corrected chi connectivity index (χ2v) is 2.60. The van der Waals surface area contributed by atoms with E-state index in [2.05, 4.69) is 0 Å². The highest BCUT2D eigenvalue weighted by Gasteiger charge is 2.06. The third kappa shape index (κ3) is 1.62. The molecule has 0 bridgehead atoms. The molecule has 0 spiro atoms. The third-order valence-electron chi connectivity index (χ3n) is 1.67. The summed E-state index contributed by atoms with van der Waals surface area (Å²) in [5.41, 5.74) is 1.90. The summed E-state index contributed by atoms with van der Waals surface area (Å²) in [7, 11) is 0. The summed E-state index contributed by atoms with van der Waals surface area (Å²) in [6, 6.07) is 11.3. The van der Waals surface area contributed by atoms with Crippen LogP contribution >= 0.6 is 0 Å². The first-order valence-electron chi connectivity index (χ1n) is 3.63. The van der Waals surface area contributed by atoms with Gasteiger partial charge in [0, 0.05) is 0 Å². The van der Waals surface area contributed by atoms with E-state index >= 15 is 0 Å². The summed E-state index contributed by atoms with van der Waals surface area (Å²) >= 11 is 0. The molecule has 0 aliphatic heterocycles. The number of hydrogen-bond donors (Lipinski definition) is 0. The predicted octanol–water partition coefficient (Wildman–Crippen LogP) is 2.13. The molecule has 0 saturated heterocycles. The molecule has 0 aliphatic rings. The van der Waals surface area contributed by atoms with Gasteiger partial charge in [-0.2, -0.15) is 10.5 Å². The fourth-order valence-corrected chi connectivity index (χ4v) is 0.937. The zero-order chi connectivity index (χ0) is 8.97. The SMILES string of the molecule is Cc1ccc(C(C#N)C#N)cc1. The van der Waals surface area contributed by atoms with Crippen LogP contribution in [-0.2, 0) is 0 Å². The van der Waals surface area contributed by atoms with E-state index in [0.717, 1.165) is 11.1 Å². The molecule has 0 fully saturated rings. The van der Waals surface area contributed by atoms with Gasteiger partial charge in [0.25, 0.3) is 0 Å². The minimum atomic E-state index is -0.634. The molecule has 0 heterocycles. The molecule has 0 radical (unpaired) electrons. The largest absolute Gasteiger partial charge is 0.196 e. The van der Waals surface area contributed by atoms with Gasteiger partial charge >= 0.3 is 0 Å². The Labute approximate surface area is 71.7 Å². The van der Waals surface area contributed by atoms with Crippen molar-refractivity contribution in [1.82, 2.24) is 0 Å². The topological polar surface area (TPSA) is 47.6 Å². The lowest BCUT2D eigenvalue weighted by Crippen LogP contribution is -1.90. The first-order valence-corrected chi connectivity index (χ1v) is 3.63. The van der Waals surface area contributed by atoms with E-state index in [9.17, 15) is 0 Å². The van der Waals surface area contributed by atoms with E-state index in [1.807, 2.05) is 43.3 Å². The maximum absolute atomic E-state index is 8.58. The van der Waals surface area contributed by atoms with Crippen LogP contribution in [0, 0.1) is 29.6 Å². The van der Waals surface area contributed by atoms with Crippen molar-refractivity contribution in [2.75, 3.05) is 0 Å². The van der Waals surface area contributed by atoms with Gasteiger partial charge in [-0.05, 0) is 12.5 Å². The Kier molecular flexibility index (Phi) is 2.46. The number of benzene rings is 1. The average Bonchev–Trinajstić information content (AvgIpc) is 2.10. The molecular weight excluding hydrogens is 148 g/mol. The summed E-state index contributed by atoms with van der Waals surface area (Å²) in [5.74, 6) is -0.634. The van der Waals surface area contributed by atoms with Gasteiger partial charge in [-0.25, -0.2) is 0 Å². The normalized spacial score (nSPS) is 9.00. The lowest BCUT2D eigenvalue weighted by atomic mass is 10.0. The van der Waals surface area contributed by atoms with Crippen LogP contribution in [0.4, 0.5) is 0 Å². The molecule has 0 N–H and O–H groups in total. The molecule has 1 aromatic carbocycles. The second kappa shape index (κ2) is 3.55. The Balaban J connectivity index is 2.99. The Morgan fingerprint density at radius 3 is 2.00 bits per heavy atom. The van der Waals surface area contributed by atoms with E-state index in [1.54, 1.807) is 0 Å². The molecule has 0 atom stereocenters. The Morgan fingerprint density at radius 1 is 1.08 bits per heavy atom. The van der Waals surface area contributed by atoms with E-state index in [-0.39, 0.29) is 0 Å². The molecule has 12 heavy (non-hydrogen) atoms. The summed E-state index contributed by atoms with van der Waals surface area (Å²) in [6.45, 7) is 1.97. The van der Waals surface area contributed by atoms with E-state index in [1.165, 1.54) is 0 Å². The standard InChI is InChI=1S/C10H8N2/c1-8-2-4-9(5-3-8)10(6-11)7-12/h2-5,10H,1H3. The Morgan fingerprint density at radius 2 is 1.58 bits per heavy atom. The molecule has 0 amide bonds. The molecule has 58 valence electrons. The Hall–Kier alpha value is -1.80. The summed E-state index contributed by atoms with van der Waals surface area (Å²) < 4.78 is 0. The van der Waals surface area contributed by atoms with E-state index < -0.39 is 5.92 Å². The fourth-order valence-electron chi connectivity index (χ4n) is 0.937. The highest BCUT2D eigenvalue weighted by atomic mass is 14.3. The van der Waals surface area contributed by atoms with Crippen LogP contribution in [0.2, 0.25) is 0 Å². The van der Waals surface area contributed by atoms with Crippen LogP contribution in [-0.4, -0.2) is 0 Å². The lowest BCUT2D eigenvalue weighted by molar-refractivity contribution is 1.10. The summed E-state index contributed by atoms with van der Waals surface area (Å²) in [5, 5.41) is 17.2. The fraction of sp³-hybridized carbons (Fsp3) is 0.200. The maximum atomic E-state index is 8.58. The smallest absolute Gasteiger partial charge is 0.158 e. The van der Waals surface area contributed by atoms with Gasteiger partial charge in [0.15, 0.2) is 5.92 Å². The summed E-state index contributed by atoms with van der Waals surface area (Å²) in [4.78, 5) is 0. The van der Waals surface area contributed by atoms with Crippen LogP contribution in [0.15, 0.2) is 24.3 Å². The zero-order valence-electron chi connectivity index (χ0n) is 6.78. The van der Waals surface area contributed by atoms with Crippen LogP contribution in [0.25, 0.3) is 0 Å². The average molecular weight is 156 g/mol. The van der Waals surface area contributed by atoms with Gasteiger partial charge in [0.05, 0.1) is 12.1 Å². The monoisotopic (exact) mass is 156 g/mol. The number of rotatable bonds is 1.